The summed E-state index contributed by atoms with van der Waals surface area (Å²) >= 11 is 0. The summed E-state index contributed by atoms with van der Waals surface area (Å²) in [5, 5.41) is 10.4. The summed E-state index contributed by atoms with van der Waals surface area (Å²) in [4.78, 5) is 42.3. The van der Waals surface area contributed by atoms with Crippen LogP contribution in [-0.2, 0) is 16.1 Å². The number of hydrogen-bond donors (Lipinski definition) is 2. The van der Waals surface area contributed by atoms with E-state index >= 15 is 0 Å². The van der Waals surface area contributed by atoms with E-state index in [1.807, 2.05) is 28.0 Å². The molecule has 3 atom stereocenters. The predicted octanol–water partition coefficient (Wildman–Crippen LogP) is 2.11. The largest absolute Gasteiger partial charge is 0.481 e. The number of hydrogen-bond acceptors (Lipinski definition) is 7. The lowest BCUT2D eigenvalue weighted by molar-refractivity contribution is -0.144. The van der Waals surface area contributed by atoms with Crippen LogP contribution in [-0.4, -0.2) is 76.9 Å². The molecule has 0 spiro atoms. The summed E-state index contributed by atoms with van der Waals surface area (Å²) < 4.78 is 12.6. The van der Waals surface area contributed by atoms with Crippen LogP contribution in [0.2, 0.25) is 0 Å². The van der Waals surface area contributed by atoms with Crippen LogP contribution in [0.25, 0.3) is 0 Å². The van der Waals surface area contributed by atoms with Gasteiger partial charge in [0.25, 0.3) is 0 Å². The van der Waals surface area contributed by atoms with Crippen molar-refractivity contribution in [3.8, 4) is 11.5 Å². The van der Waals surface area contributed by atoms with Crippen molar-refractivity contribution in [1.29, 1.82) is 0 Å². The fourth-order valence-electron chi connectivity index (χ4n) is 5.52. The SMILES string of the molecule is CCCCN(CCCN)C(=O)CN1C[C@H](c2ccc3c(c2)OCO3)C(C(=O)O)[C@@H]1CCn1ccccc1=O. The Hall–Kier alpha value is -3.37. The molecule has 1 saturated heterocycles. The number of unbranched alkanes of at least 4 members (excludes halogenated alkanes) is 1. The molecule has 0 bridgehead atoms. The molecule has 1 fully saturated rings. The van der Waals surface area contributed by atoms with Crippen LogP contribution in [0.1, 0.15) is 44.1 Å². The molecule has 1 aromatic carbocycles. The van der Waals surface area contributed by atoms with Crippen LogP contribution < -0.4 is 20.8 Å². The average Bonchev–Trinajstić information content (AvgIpc) is 3.52. The van der Waals surface area contributed by atoms with Gasteiger partial charge in [-0.2, -0.15) is 0 Å². The standard InChI is InChI=1S/C28H38N4O6/c1-2-3-12-30(14-6-11-29)26(34)18-32-17-21(20-8-9-23-24(16-20)38-19-37-23)27(28(35)36)22(32)10-15-31-13-5-4-7-25(31)33/h4-5,7-9,13,16,21-22,27H,2-3,6,10-12,14-15,17-19,29H2,1H3,(H,35,36)/t21-,22+,27?/m1/s1. The maximum absolute atomic E-state index is 13.5. The number of benzene rings is 1. The minimum absolute atomic E-state index is 0.0238. The molecule has 2 aliphatic heterocycles. The second kappa shape index (κ2) is 12.9. The van der Waals surface area contributed by atoms with Gasteiger partial charge in [-0.3, -0.25) is 19.3 Å². The first-order chi connectivity index (χ1) is 18.4. The number of nitrogens with zero attached hydrogens (tertiary/aromatic N) is 3. The first-order valence-electron chi connectivity index (χ1n) is 13.4. The smallest absolute Gasteiger partial charge is 0.308 e. The van der Waals surface area contributed by atoms with Gasteiger partial charge in [-0.15, -0.1) is 0 Å². The number of carboxylic acid groups (broad SMARTS) is 1. The number of nitrogens with two attached hydrogens (primary N) is 1. The third-order valence-electron chi connectivity index (χ3n) is 7.53. The molecule has 1 unspecified atom stereocenters. The highest BCUT2D eigenvalue weighted by Crippen LogP contribution is 2.42. The van der Waals surface area contributed by atoms with Gasteiger partial charge in [0.05, 0.1) is 12.5 Å². The molecule has 10 nitrogen and oxygen atoms in total. The van der Waals surface area contributed by atoms with E-state index in [0.717, 1.165) is 18.4 Å². The molecule has 10 heteroatoms. The summed E-state index contributed by atoms with van der Waals surface area (Å²) in [7, 11) is 0. The Bertz CT molecular complexity index is 1160. The molecule has 2 aliphatic rings. The zero-order valence-corrected chi connectivity index (χ0v) is 22.0. The Kier molecular flexibility index (Phi) is 9.41. The number of rotatable bonds is 13. The van der Waals surface area contributed by atoms with Crippen LogP contribution >= 0.6 is 0 Å². The maximum Gasteiger partial charge on any atom is 0.308 e. The van der Waals surface area contributed by atoms with E-state index in [9.17, 15) is 19.5 Å². The molecule has 3 heterocycles. The number of carboxylic acids is 1. The molecule has 0 saturated carbocycles. The fourth-order valence-corrected chi connectivity index (χ4v) is 5.52. The number of ether oxygens (including phenoxy) is 2. The first-order valence-corrected chi connectivity index (χ1v) is 13.4. The lowest BCUT2D eigenvalue weighted by Gasteiger charge is -2.30. The molecule has 38 heavy (non-hydrogen) atoms. The van der Waals surface area contributed by atoms with Gasteiger partial charge in [0.15, 0.2) is 11.5 Å². The van der Waals surface area contributed by atoms with Gasteiger partial charge in [0.1, 0.15) is 0 Å². The lowest BCUT2D eigenvalue weighted by Crippen LogP contribution is -2.45. The summed E-state index contributed by atoms with van der Waals surface area (Å²) in [5.74, 6) is -0.808. The van der Waals surface area contributed by atoms with Gasteiger partial charge in [-0.05, 0) is 49.6 Å². The average molecular weight is 527 g/mol. The number of carbonyl (C=O) groups is 2. The fraction of sp³-hybridized carbons (Fsp3) is 0.536. The zero-order chi connectivity index (χ0) is 27.1. The molecule has 1 aromatic heterocycles. The number of amides is 1. The summed E-state index contributed by atoms with van der Waals surface area (Å²) in [5.41, 5.74) is 6.41. The Balaban J connectivity index is 1.61. The molecule has 0 aliphatic carbocycles. The Morgan fingerprint density at radius 3 is 2.66 bits per heavy atom. The van der Waals surface area contributed by atoms with Gasteiger partial charge in [0.2, 0.25) is 18.3 Å². The van der Waals surface area contributed by atoms with Gasteiger partial charge in [0, 0.05) is 50.4 Å². The highest BCUT2D eigenvalue weighted by atomic mass is 16.7. The van der Waals surface area contributed by atoms with E-state index in [0.29, 0.717) is 57.1 Å². The van der Waals surface area contributed by atoms with Crippen LogP contribution in [0.3, 0.4) is 0 Å². The Morgan fingerprint density at radius 2 is 1.92 bits per heavy atom. The van der Waals surface area contributed by atoms with Crippen molar-refractivity contribution >= 4 is 11.9 Å². The lowest BCUT2D eigenvalue weighted by atomic mass is 9.84. The van der Waals surface area contributed by atoms with E-state index in [2.05, 4.69) is 6.92 Å². The maximum atomic E-state index is 13.5. The quantitative estimate of drug-likeness (QED) is 0.406. The van der Waals surface area contributed by atoms with E-state index in [1.165, 1.54) is 6.07 Å². The molecule has 206 valence electrons. The van der Waals surface area contributed by atoms with Crippen LogP contribution in [0.4, 0.5) is 0 Å². The summed E-state index contributed by atoms with van der Waals surface area (Å²) in [6, 6.07) is 10.1. The number of aryl methyl sites for hydroxylation is 1. The van der Waals surface area contributed by atoms with Gasteiger partial charge in [-0.25, -0.2) is 0 Å². The monoisotopic (exact) mass is 526 g/mol. The van der Waals surface area contributed by atoms with Crippen molar-refractivity contribution in [3.63, 3.8) is 0 Å². The van der Waals surface area contributed by atoms with Gasteiger partial charge >= 0.3 is 5.97 Å². The van der Waals surface area contributed by atoms with Crippen molar-refractivity contribution in [2.75, 3.05) is 39.5 Å². The van der Waals surface area contributed by atoms with Gasteiger partial charge < -0.3 is 29.8 Å². The number of aromatic nitrogens is 1. The number of aliphatic carboxylic acids is 1. The topological polar surface area (TPSA) is 127 Å². The highest BCUT2D eigenvalue weighted by Gasteiger charge is 2.47. The molecule has 0 radical (unpaired) electrons. The van der Waals surface area contributed by atoms with Crippen LogP contribution in [0.15, 0.2) is 47.4 Å². The van der Waals surface area contributed by atoms with Crippen molar-refractivity contribution < 1.29 is 24.2 Å². The Morgan fingerprint density at radius 1 is 1.13 bits per heavy atom. The molecule has 3 N–H and O–H groups in total. The van der Waals surface area contributed by atoms with E-state index in [4.69, 9.17) is 15.2 Å². The zero-order valence-electron chi connectivity index (χ0n) is 22.0. The third-order valence-corrected chi connectivity index (χ3v) is 7.53. The number of fused-ring (bicyclic) bond motifs is 1. The highest BCUT2D eigenvalue weighted by molar-refractivity contribution is 5.79. The second-order valence-electron chi connectivity index (χ2n) is 9.98. The van der Waals surface area contributed by atoms with Crippen molar-refractivity contribution in [2.45, 2.75) is 51.1 Å². The molecule has 2 aromatic rings. The normalized spacial score (nSPS) is 20.5. The number of carbonyl (C=O) groups excluding carboxylic acids is 1. The number of likely N-dealkylation sites (tertiary alicyclic amines) is 1. The van der Waals surface area contributed by atoms with E-state index < -0.39 is 17.9 Å². The summed E-state index contributed by atoms with van der Waals surface area (Å²) in [6.07, 6.45) is 4.71. The van der Waals surface area contributed by atoms with E-state index in [1.54, 1.807) is 22.9 Å². The molecule has 4 rings (SSSR count). The number of pyridine rings is 1. The Labute approximate surface area is 222 Å². The minimum atomic E-state index is -0.918. The van der Waals surface area contributed by atoms with Crippen molar-refractivity contribution in [2.24, 2.45) is 11.7 Å². The third kappa shape index (κ3) is 6.36. The summed E-state index contributed by atoms with van der Waals surface area (Å²) in [6.45, 7) is 4.85. The molecule has 1 amide bonds. The van der Waals surface area contributed by atoms with Gasteiger partial charge in [-0.1, -0.05) is 25.5 Å². The van der Waals surface area contributed by atoms with E-state index in [-0.39, 0.29) is 30.7 Å². The second-order valence-corrected chi connectivity index (χ2v) is 9.98. The minimum Gasteiger partial charge on any atom is -0.481 e. The van der Waals surface area contributed by atoms with Crippen LogP contribution in [0, 0.1) is 5.92 Å². The molecular formula is C28H38N4O6. The first kappa shape index (κ1) is 27.7. The van der Waals surface area contributed by atoms with Crippen molar-refractivity contribution in [1.82, 2.24) is 14.4 Å². The molecular weight excluding hydrogens is 488 g/mol. The van der Waals surface area contributed by atoms with Crippen LogP contribution in [0.5, 0.6) is 11.5 Å². The van der Waals surface area contributed by atoms with Crippen molar-refractivity contribution in [3.05, 3.63) is 58.5 Å². The predicted molar refractivity (Wildman–Crippen MR) is 142 cm³/mol.